The fourth-order valence-corrected chi connectivity index (χ4v) is 4.72. The zero-order valence-corrected chi connectivity index (χ0v) is 20.1. The van der Waals surface area contributed by atoms with Crippen LogP contribution in [-0.2, 0) is 20.7 Å². The molecular weight excluding hydrogens is 432 g/mol. The van der Waals surface area contributed by atoms with Crippen LogP contribution in [-0.4, -0.2) is 61.8 Å². The van der Waals surface area contributed by atoms with E-state index < -0.39 is 5.60 Å². The van der Waals surface area contributed by atoms with Gasteiger partial charge >= 0.3 is 0 Å². The predicted molar refractivity (Wildman–Crippen MR) is 129 cm³/mol. The molecule has 1 unspecified atom stereocenters. The summed E-state index contributed by atoms with van der Waals surface area (Å²) < 4.78 is 17.9. The van der Waals surface area contributed by atoms with Crippen LogP contribution in [0, 0.1) is 13.8 Å². The van der Waals surface area contributed by atoms with Crippen molar-refractivity contribution >= 4 is 11.8 Å². The molecule has 2 aromatic rings. The molecule has 0 bridgehead atoms. The Morgan fingerprint density at radius 2 is 1.88 bits per heavy atom. The van der Waals surface area contributed by atoms with Gasteiger partial charge in [0.1, 0.15) is 18.1 Å². The van der Waals surface area contributed by atoms with Crippen LogP contribution in [0.3, 0.4) is 0 Å². The summed E-state index contributed by atoms with van der Waals surface area (Å²) in [5.74, 6) is 1.30. The Balaban J connectivity index is 1.42. The minimum Gasteiger partial charge on any atom is -0.491 e. The molecule has 0 aromatic heterocycles. The maximum atomic E-state index is 13.2. The first-order valence-corrected chi connectivity index (χ1v) is 12.1. The number of para-hydroxylation sites is 2. The van der Waals surface area contributed by atoms with Crippen molar-refractivity contribution in [2.75, 3.05) is 39.5 Å². The molecule has 1 N–H and O–H groups in total. The second kappa shape index (κ2) is 10.9. The fourth-order valence-electron chi connectivity index (χ4n) is 4.72. The van der Waals surface area contributed by atoms with Crippen LogP contribution in [0.5, 0.6) is 11.5 Å². The summed E-state index contributed by atoms with van der Waals surface area (Å²) in [5, 5.41) is 2.97. The van der Waals surface area contributed by atoms with Gasteiger partial charge in [-0.25, -0.2) is 0 Å². The highest BCUT2D eigenvalue weighted by atomic mass is 16.5. The molecule has 2 aromatic carbocycles. The molecule has 2 heterocycles. The number of benzene rings is 2. The second-order valence-electron chi connectivity index (χ2n) is 9.09. The average Bonchev–Trinajstić information content (AvgIpc) is 2.84. The standard InChI is InChI=1S/C27H34N2O5/c1-20-8-7-9-21(2)25(20)33-18-24(30)29-15-17-34-27(19-29)13-6-5-11-22-10-3-4-12-23(22)32-16-14-28-26(27)31/h3-4,7-10,12H,5-6,11,13-19H2,1-2H3,(H,28,31). The van der Waals surface area contributed by atoms with E-state index in [1.54, 1.807) is 4.90 Å². The summed E-state index contributed by atoms with van der Waals surface area (Å²) in [5.41, 5.74) is 2.11. The number of ether oxygens (including phenoxy) is 3. The topological polar surface area (TPSA) is 77.1 Å². The molecule has 1 fully saturated rings. The van der Waals surface area contributed by atoms with Gasteiger partial charge in [0.15, 0.2) is 12.2 Å². The van der Waals surface area contributed by atoms with Crippen molar-refractivity contribution in [3.8, 4) is 11.5 Å². The molecule has 2 aliphatic heterocycles. The Morgan fingerprint density at radius 3 is 2.71 bits per heavy atom. The molecule has 0 radical (unpaired) electrons. The molecule has 1 atom stereocenters. The third-order valence-corrected chi connectivity index (χ3v) is 6.60. The maximum absolute atomic E-state index is 13.2. The smallest absolute Gasteiger partial charge is 0.260 e. The van der Waals surface area contributed by atoms with E-state index in [0.29, 0.717) is 32.7 Å². The third kappa shape index (κ3) is 5.53. The molecule has 7 heteroatoms. The van der Waals surface area contributed by atoms with Crippen LogP contribution in [0.4, 0.5) is 0 Å². The lowest BCUT2D eigenvalue weighted by Gasteiger charge is -2.41. The summed E-state index contributed by atoms with van der Waals surface area (Å²) in [6.45, 7) is 5.62. The first kappa shape index (κ1) is 24.1. The molecule has 0 saturated carbocycles. The molecule has 7 nitrogen and oxygen atoms in total. The molecule has 2 aliphatic rings. The quantitative estimate of drug-likeness (QED) is 0.752. The molecular formula is C27H34N2O5. The highest BCUT2D eigenvalue weighted by molar-refractivity contribution is 5.87. The highest BCUT2D eigenvalue weighted by Gasteiger charge is 2.44. The summed E-state index contributed by atoms with van der Waals surface area (Å²) >= 11 is 0. The van der Waals surface area contributed by atoms with Crippen LogP contribution in [0.15, 0.2) is 42.5 Å². The third-order valence-electron chi connectivity index (χ3n) is 6.60. The first-order valence-electron chi connectivity index (χ1n) is 12.1. The van der Waals surface area contributed by atoms with Crippen LogP contribution >= 0.6 is 0 Å². The van der Waals surface area contributed by atoms with Gasteiger partial charge in [0.25, 0.3) is 11.8 Å². The number of nitrogens with one attached hydrogen (secondary N) is 1. The molecule has 182 valence electrons. The minimum absolute atomic E-state index is 0.0615. The maximum Gasteiger partial charge on any atom is 0.260 e. The lowest BCUT2D eigenvalue weighted by molar-refractivity contribution is -0.168. The van der Waals surface area contributed by atoms with Gasteiger partial charge in [-0.3, -0.25) is 9.59 Å². The van der Waals surface area contributed by atoms with E-state index in [2.05, 4.69) is 11.4 Å². The first-order chi connectivity index (χ1) is 16.5. The summed E-state index contributed by atoms with van der Waals surface area (Å²) in [6.07, 6.45) is 3.15. The molecule has 1 saturated heterocycles. The van der Waals surface area contributed by atoms with E-state index in [0.717, 1.165) is 41.9 Å². The van der Waals surface area contributed by atoms with E-state index >= 15 is 0 Å². The van der Waals surface area contributed by atoms with Crippen molar-refractivity contribution in [2.45, 2.75) is 45.1 Å². The van der Waals surface area contributed by atoms with Gasteiger partial charge < -0.3 is 24.4 Å². The number of rotatable bonds is 3. The van der Waals surface area contributed by atoms with Gasteiger partial charge in [-0.1, -0.05) is 36.4 Å². The number of carbonyl (C=O) groups is 2. The van der Waals surface area contributed by atoms with Gasteiger partial charge in [-0.05, 0) is 62.3 Å². The summed E-state index contributed by atoms with van der Waals surface area (Å²) in [6, 6.07) is 13.9. The lowest BCUT2D eigenvalue weighted by atomic mass is 9.91. The average molecular weight is 467 g/mol. The van der Waals surface area contributed by atoms with Crippen LogP contribution in [0.25, 0.3) is 0 Å². The summed E-state index contributed by atoms with van der Waals surface area (Å²) in [7, 11) is 0. The van der Waals surface area contributed by atoms with E-state index in [9.17, 15) is 9.59 Å². The Kier molecular flexibility index (Phi) is 7.73. The minimum atomic E-state index is -1.05. The number of hydrogen-bond acceptors (Lipinski definition) is 5. The van der Waals surface area contributed by atoms with Crippen molar-refractivity contribution in [1.29, 1.82) is 0 Å². The predicted octanol–water partition coefficient (Wildman–Crippen LogP) is 3.20. The van der Waals surface area contributed by atoms with E-state index in [1.807, 2.05) is 50.2 Å². The van der Waals surface area contributed by atoms with Crippen molar-refractivity contribution in [3.05, 3.63) is 59.2 Å². The van der Waals surface area contributed by atoms with Crippen LogP contribution < -0.4 is 14.8 Å². The molecule has 34 heavy (non-hydrogen) atoms. The Bertz CT molecular complexity index is 1000. The van der Waals surface area contributed by atoms with E-state index in [4.69, 9.17) is 14.2 Å². The number of carbonyl (C=O) groups excluding carboxylic acids is 2. The van der Waals surface area contributed by atoms with Crippen molar-refractivity contribution < 1.29 is 23.8 Å². The number of hydrogen-bond donors (Lipinski definition) is 1. The van der Waals surface area contributed by atoms with Crippen LogP contribution in [0.1, 0.15) is 36.0 Å². The van der Waals surface area contributed by atoms with Crippen molar-refractivity contribution in [2.24, 2.45) is 0 Å². The van der Waals surface area contributed by atoms with Gasteiger partial charge in [0.2, 0.25) is 0 Å². The largest absolute Gasteiger partial charge is 0.491 e. The lowest BCUT2D eigenvalue weighted by Crippen LogP contribution is -2.61. The molecule has 0 aliphatic carbocycles. The highest BCUT2D eigenvalue weighted by Crippen LogP contribution is 2.28. The van der Waals surface area contributed by atoms with Crippen molar-refractivity contribution in [1.82, 2.24) is 10.2 Å². The van der Waals surface area contributed by atoms with E-state index in [1.165, 1.54) is 5.56 Å². The number of nitrogens with zero attached hydrogens (tertiary/aromatic N) is 1. The Morgan fingerprint density at radius 1 is 1.09 bits per heavy atom. The number of amides is 2. The number of fused-ring (bicyclic) bond motifs is 1. The van der Waals surface area contributed by atoms with Gasteiger partial charge in [0, 0.05) is 6.54 Å². The molecule has 4 rings (SSSR count). The number of morpholine rings is 1. The van der Waals surface area contributed by atoms with E-state index in [-0.39, 0.29) is 25.0 Å². The SMILES string of the molecule is Cc1cccc(C)c1OCC(=O)N1CCOC2(CCCCc3ccccc3OCCNC2=O)C1. The Hall–Kier alpha value is -3.06. The summed E-state index contributed by atoms with van der Waals surface area (Å²) in [4.78, 5) is 28.0. The van der Waals surface area contributed by atoms with Crippen LogP contribution in [0.2, 0.25) is 0 Å². The fraction of sp³-hybridized carbons (Fsp3) is 0.481. The van der Waals surface area contributed by atoms with Crippen molar-refractivity contribution in [3.63, 3.8) is 0 Å². The van der Waals surface area contributed by atoms with Gasteiger partial charge in [-0.2, -0.15) is 0 Å². The number of aryl methyl sites for hydroxylation is 3. The zero-order chi connectivity index (χ0) is 24.0. The van der Waals surface area contributed by atoms with Gasteiger partial charge in [-0.15, -0.1) is 0 Å². The Labute approximate surface area is 201 Å². The normalized spacial score (nSPS) is 21.5. The van der Waals surface area contributed by atoms with Gasteiger partial charge in [0.05, 0.1) is 19.7 Å². The molecule has 2 amide bonds. The second-order valence-corrected chi connectivity index (χ2v) is 9.09. The zero-order valence-electron chi connectivity index (χ0n) is 20.1. The molecule has 1 spiro atoms. The monoisotopic (exact) mass is 466 g/mol.